The lowest BCUT2D eigenvalue weighted by atomic mass is 9.98. The van der Waals surface area contributed by atoms with Crippen molar-refractivity contribution in [1.29, 1.82) is 0 Å². The number of furan rings is 2. The van der Waals surface area contributed by atoms with Gasteiger partial charge in [0.05, 0.1) is 5.69 Å². The van der Waals surface area contributed by atoms with E-state index in [0.29, 0.717) is 0 Å². The summed E-state index contributed by atoms with van der Waals surface area (Å²) in [6, 6.07) is 66.8. The highest BCUT2D eigenvalue weighted by Gasteiger charge is 2.21. The van der Waals surface area contributed by atoms with Crippen molar-refractivity contribution >= 4 is 82.5 Å². The molecule has 11 rings (SSSR count). The molecule has 0 fully saturated rings. The van der Waals surface area contributed by atoms with Gasteiger partial charge in [0.15, 0.2) is 5.58 Å². The average Bonchev–Trinajstić information content (AvgIpc) is 3.80. The van der Waals surface area contributed by atoms with Crippen molar-refractivity contribution in [3.05, 3.63) is 188 Å². The number of benzene rings is 9. The van der Waals surface area contributed by atoms with Crippen LogP contribution in [0.5, 0.6) is 0 Å². The normalized spacial score (nSPS) is 11.8. The summed E-state index contributed by atoms with van der Waals surface area (Å²) >= 11 is 0. The summed E-state index contributed by atoms with van der Waals surface area (Å²) < 4.78 is 13.0. The minimum absolute atomic E-state index is 0.851. The molecule has 0 saturated carbocycles. The standard InChI is InChI=1S/C50H31NO2/c1-2-10-32(11-3-1)36-25-29-47-44(30-36)41-16-8-17-45(50(41)53-47)51(38-28-24-35-21-20-33-12-4-5-13-39(33)43(35)31-38)37-26-22-34(23-27-37)40-15-9-19-48-49(40)42-14-6-7-18-46(42)52-48/h1-31H. The Morgan fingerprint density at radius 2 is 1.00 bits per heavy atom. The minimum Gasteiger partial charge on any atom is -0.456 e. The maximum Gasteiger partial charge on any atom is 0.159 e. The Morgan fingerprint density at radius 1 is 0.340 bits per heavy atom. The van der Waals surface area contributed by atoms with Gasteiger partial charge in [0, 0.05) is 32.9 Å². The van der Waals surface area contributed by atoms with Crippen LogP contribution in [0.15, 0.2) is 197 Å². The monoisotopic (exact) mass is 677 g/mol. The molecule has 2 aromatic heterocycles. The van der Waals surface area contributed by atoms with E-state index in [1.54, 1.807) is 0 Å². The SMILES string of the molecule is c1ccc(-c2ccc3oc4c(N(c5ccc(-c6cccc7oc8ccccc8c67)cc5)c5ccc6ccc7ccccc7c6c5)cccc4c3c2)cc1. The van der Waals surface area contributed by atoms with Gasteiger partial charge in [0.1, 0.15) is 16.7 Å². The van der Waals surface area contributed by atoms with Crippen molar-refractivity contribution in [3.8, 4) is 22.3 Å². The second kappa shape index (κ2) is 11.7. The summed E-state index contributed by atoms with van der Waals surface area (Å²) in [4.78, 5) is 2.33. The van der Waals surface area contributed by atoms with Crippen LogP contribution in [0.25, 0.3) is 87.7 Å². The van der Waals surface area contributed by atoms with Gasteiger partial charge in [-0.05, 0) is 98.4 Å². The second-order valence-corrected chi connectivity index (χ2v) is 13.7. The van der Waals surface area contributed by atoms with E-state index >= 15 is 0 Å². The fourth-order valence-corrected chi connectivity index (χ4v) is 8.13. The lowest BCUT2D eigenvalue weighted by Crippen LogP contribution is -2.10. The van der Waals surface area contributed by atoms with Gasteiger partial charge in [-0.1, -0.05) is 133 Å². The van der Waals surface area contributed by atoms with Gasteiger partial charge in [0.25, 0.3) is 0 Å². The van der Waals surface area contributed by atoms with Crippen LogP contribution in [0.3, 0.4) is 0 Å². The number of hydrogen-bond acceptors (Lipinski definition) is 3. The highest BCUT2D eigenvalue weighted by Crippen LogP contribution is 2.45. The van der Waals surface area contributed by atoms with E-state index in [1.807, 2.05) is 12.1 Å². The summed E-state index contributed by atoms with van der Waals surface area (Å²) in [5.41, 5.74) is 11.2. The molecular weight excluding hydrogens is 647 g/mol. The summed E-state index contributed by atoms with van der Waals surface area (Å²) in [7, 11) is 0. The highest BCUT2D eigenvalue weighted by molar-refractivity contribution is 6.14. The summed E-state index contributed by atoms with van der Waals surface area (Å²) in [5.74, 6) is 0. The first-order valence-corrected chi connectivity index (χ1v) is 18.0. The second-order valence-electron chi connectivity index (χ2n) is 13.7. The van der Waals surface area contributed by atoms with Crippen molar-refractivity contribution in [2.75, 3.05) is 4.90 Å². The van der Waals surface area contributed by atoms with Gasteiger partial charge in [-0.25, -0.2) is 0 Å². The van der Waals surface area contributed by atoms with Crippen LogP contribution in [0, 0.1) is 0 Å². The number of anilines is 3. The molecule has 2 heterocycles. The summed E-state index contributed by atoms with van der Waals surface area (Å²) in [6.45, 7) is 0. The van der Waals surface area contributed by atoms with Gasteiger partial charge < -0.3 is 13.7 Å². The third-order valence-electron chi connectivity index (χ3n) is 10.7. The lowest BCUT2D eigenvalue weighted by molar-refractivity contribution is 0.668. The molecule has 0 aliphatic carbocycles. The van der Waals surface area contributed by atoms with Crippen LogP contribution in [-0.4, -0.2) is 0 Å². The average molecular weight is 678 g/mol. The van der Waals surface area contributed by atoms with Crippen molar-refractivity contribution in [2.45, 2.75) is 0 Å². The molecule has 0 atom stereocenters. The minimum atomic E-state index is 0.851. The Balaban J connectivity index is 1.12. The first-order valence-electron chi connectivity index (χ1n) is 18.0. The molecule has 3 nitrogen and oxygen atoms in total. The molecule has 0 spiro atoms. The molecule has 0 saturated heterocycles. The molecule has 53 heavy (non-hydrogen) atoms. The number of hydrogen-bond donors (Lipinski definition) is 0. The Bertz CT molecular complexity index is 3170. The Kier molecular flexibility index (Phi) is 6.55. The molecular formula is C50H31NO2. The first kappa shape index (κ1) is 29.6. The maximum absolute atomic E-state index is 6.78. The van der Waals surface area contributed by atoms with E-state index in [9.17, 15) is 0 Å². The summed E-state index contributed by atoms with van der Waals surface area (Å²) in [5, 5.41) is 9.32. The third kappa shape index (κ3) is 4.75. The highest BCUT2D eigenvalue weighted by atomic mass is 16.3. The van der Waals surface area contributed by atoms with E-state index in [0.717, 1.165) is 72.1 Å². The largest absolute Gasteiger partial charge is 0.456 e. The molecule has 0 aliphatic rings. The first-order chi connectivity index (χ1) is 26.3. The van der Waals surface area contributed by atoms with Crippen molar-refractivity contribution in [3.63, 3.8) is 0 Å². The molecule has 9 aromatic carbocycles. The Labute approximate surface area is 305 Å². The molecule has 0 unspecified atom stereocenters. The predicted molar refractivity (Wildman–Crippen MR) is 222 cm³/mol. The van der Waals surface area contributed by atoms with E-state index in [4.69, 9.17) is 8.83 Å². The van der Waals surface area contributed by atoms with Crippen LogP contribution >= 0.6 is 0 Å². The molecule has 248 valence electrons. The quantitative estimate of drug-likeness (QED) is 0.170. The topological polar surface area (TPSA) is 29.5 Å². The van der Waals surface area contributed by atoms with E-state index in [1.165, 1.54) is 32.7 Å². The zero-order valence-electron chi connectivity index (χ0n) is 28.7. The Hall–Kier alpha value is -7.10. The number of para-hydroxylation sites is 2. The zero-order chi connectivity index (χ0) is 34.9. The maximum atomic E-state index is 6.78. The predicted octanol–water partition coefficient (Wildman–Crippen LogP) is 14.6. The molecule has 0 amide bonds. The van der Waals surface area contributed by atoms with Gasteiger partial charge in [-0.2, -0.15) is 0 Å². The number of fused-ring (bicyclic) bond motifs is 9. The molecule has 0 bridgehead atoms. The van der Waals surface area contributed by atoms with E-state index in [2.05, 4.69) is 181 Å². The third-order valence-corrected chi connectivity index (χ3v) is 10.7. The van der Waals surface area contributed by atoms with E-state index < -0.39 is 0 Å². The van der Waals surface area contributed by atoms with Crippen molar-refractivity contribution in [1.82, 2.24) is 0 Å². The van der Waals surface area contributed by atoms with Crippen LogP contribution in [0.2, 0.25) is 0 Å². The lowest BCUT2D eigenvalue weighted by Gasteiger charge is -2.26. The van der Waals surface area contributed by atoms with Crippen LogP contribution in [-0.2, 0) is 0 Å². The van der Waals surface area contributed by atoms with Gasteiger partial charge >= 0.3 is 0 Å². The zero-order valence-corrected chi connectivity index (χ0v) is 28.7. The van der Waals surface area contributed by atoms with Gasteiger partial charge in [-0.3, -0.25) is 0 Å². The van der Waals surface area contributed by atoms with Crippen LogP contribution in [0.4, 0.5) is 17.1 Å². The van der Waals surface area contributed by atoms with Crippen LogP contribution in [0.1, 0.15) is 0 Å². The van der Waals surface area contributed by atoms with E-state index in [-0.39, 0.29) is 0 Å². The fourth-order valence-electron chi connectivity index (χ4n) is 8.13. The molecule has 0 aliphatic heterocycles. The number of rotatable bonds is 5. The van der Waals surface area contributed by atoms with Gasteiger partial charge in [0.2, 0.25) is 0 Å². The Morgan fingerprint density at radius 3 is 1.89 bits per heavy atom. The van der Waals surface area contributed by atoms with Crippen molar-refractivity contribution in [2.24, 2.45) is 0 Å². The molecule has 0 N–H and O–H groups in total. The molecule has 0 radical (unpaired) electrons. The van der Waals surface area contributed by atoms with Crippen molar-refractivity contribution < 1.29 is 8.83 Å². The number of nitrogens with zero attached hydrogens (tertiary/aromatic N) is 1. The summed E-state index contributed by atoms with van der Waals surface area (Å²) in [6.07, 6.45) is 0. The van der Waals surface area contributed by atoms with Crippen LogP contribution < -0.4 is 4.90 Å². The smallest absolute Gasteiger partial charge is 0.159 e. The molecule has 11 aromatic rings. The molecule has 3 heteroatoms. The van der Waals surface area contributed by atoms with Gasteiger partial charge in [-0.15, -0.1) is 0 Å². The fraction of sp³-hybridized carbons (Fsp3) is 0.